The summed E-state index contributed by atoms with van der Waals surface area (Å²) in [6, 6.07) is 1.91. The first kappa shape index (κ1) is 13.3. The van der Waals surface area contributed by atoms with E-state index < -0.39 is 8.80 Å². The molecule has 0 radical (unpaired) electrons. The maximum Gasteiger partial charge on any atom is 0.530 e. The van der Waals surface area contributed by atoms with Crippen LogP contribution in [0.2, 0.25) is 0 Å². The minimum Gasteiger partial charge on any atom is -0.371 e. The normalized spacial score (nSPS) is 11.9. The molecule has 0 aliphatic rings. The second-order valence-corrected chi connectivity index (χ2v) is 4.77. The van der Waals surface area contributed by atoms with Crippen LogP contribution in [0.25, 0.3) is 0 Å². The van der Waals surface area contributed by atoms with E-state index in [1.165, 1.54) is 6.08 Å². The average Bonchev–Trinajstić information content (AvgIpc) is 2.16. The molecule has 0 saturated heterocycles. The number of nitriles is 1. The molecule has 0 aliphatic heterocycles. The number of nitrogens with zero attached hydrogens (tertiary/aromatic N) is 1. The van der Waals surface area contributed by atoms with Crippen molar-refractivity contribution in [3.8, 4) is 6.07 Å². The summed E-state index contributed by atoms with van der Waals surface area (Å²) < 4.78 is 16.4. The van der Waals surface area contributed by atoms with E-state index in [-0.39, 0.29) is 0 Å². The van der Waals surface area contributed by atoms with Crippen LogP contribution in [0.4, 0.5) is 0 Å². The van der Waals surface area contributed by atoms with Crippen LogP contribution in [0.1, 0.15) is 20.8 Å². The van der Waals surface area contributed by atoms with E-state index in [4.69, 9.17) is 18.5 Å². The molecule has 0 fully saturated rings. The lowest BCUT2D eigenvalue weighted by Gasteiger charge is -2.24. The molecule has 0 saturated carbocycles. The van der Waals surface area contributed by atoms with Crippen LogP contribution >= 0.6 is 0 Å². The Morgan fingerprint density at radius 3 is 1.79 bits per heavy atom. The van der Waals surface area contributed by atoms with Crippen molar-refractivity contribution < 1.29 is 13.3 Å². The van der Waals surface area contributed by atoms with Gasteiger partial charge in [-0.3, -0.25) is 0 Å². The molecule has 0 atom stereocenters. The van der Waals surface area contributed by atoms with Gasteiger partial charge in [-0.1, -0.05) is 0 Å². The van der Waals surface area contributed by atoms with E-state index >= 15 is 0 Å². The van der Waals surface area contributed by atoms with Gasteiger partial charge in [0, 0.05) is 25.9 Å². The summed E-state index contributed by atoms with van der Waals surface area (Å²) in [7, 11) is -2.72. The fourth-order valence-electron chi connectivity index (χ4n) is 1.01. The zero-order valence-electron chi connectivity index (χ0n) is 8.95. The van der Waals surface area contributed by atoms with Gasteiger partial charge in [0.05, 0.1) is 6.07 Å². The van der Waals surface area contributed by atoms with Crippen molar-refractivity contribution in [2.45, 2.75) is 20.8 Å². The van der Waals surface area contributed by atoms with Crippen molar-refractivity contribution in [2.24, 2.45) is 0 Å². The molecule has 0 amide bonds. The highest BCUT2D eigenvalue weighted by Gasteiger charge is 2.37. The first-order valence-electron chi connectivity index (χ1n) is 4.73. The summed E-state index contributed by atoms with van der Waals surface area (Å²) >= 11 is 0. The second kappa shape index (κ2) is 7.70. The molecule has 0 unspecified atom stereocenters. The van der Waals surface area contributed by atoms with Crippen LogP contribution in [-0.2, 0) is 13.3 Å². The van der Waals surface area contributed by atoms with Gasteiger partial charge in [0.1, 0.15) is 0 Å². The van der Waals surface area contributed by atoms with Gasteiger partial charge in [0.15, 0.2) is 0 Å². The van der Waals surface area contributed by atoms with Crippen LogP contribution in [0.5, 0.6) is 0 Å². The third-order valence-corrected chi connectivity index (χ3v) is 4.05. The van der Waals surface area contributed by atoms with Crippen molar-refractivity contribution in [1.82, 2.24) is 0 Å². The molecule has 0 spiro atoms. The highest BCUT2D eigenvalue weighted by Crippen LogP contribution is 2.11. The molecule has 0 aromatic rings. The zero-order chi connectivity index (χ0) is 10.9. The van der Waals surface area contributed by atoms with E-state index in [2.05, 4.69) is 0 Å². The van der Waals surface area contributed by atoms with E-state index in [0.717, 1.165) is 0 Å². The van der Waals surface area contributed by atoms with Crippen molar-refractivity contribution >= 4 is 8.80 Å². The smallest absolute Gasteiger partial charge is 0.371 e. The van der Waals surface area contributed by atoms with Crippen LogP contribution in [-0.4, -0.2) is 28.6 Å². The number of hydrogen-bond donors (Lipinski definition) is 0. The molecule has 14 heavy (non-hydrogen) atoms. The van der Waals surface area contributed by atoms with E-state index in [1.807, 2.05) is 26.8 Å². The van der Waals surface area contributed by atoms with Crippen LogP contribution in [0.3, 0.4) is 0 Å². The summed E-state index contributed by atoms with van der Waals surface area (Å²) in [6.07, 6.45) is 1.35. The molecule has 0 bridgehead atoms. The van der Waals surface area contributed by atoms with Gasteiger partial charge < -0.3 is 13.3 Å². The lowest BCUT2D eigenvalue weighted by Crippen LogP contribution is -2.44. The Balaban J connectivity index is 4.55. The number of rotatable bonds is 7. The third kappa shape index (κ3) is 4.53. The highest BCUT2D eigenvalue weighted by molar-refractivity contribution is 6.66. The van der Waals surface area contributed by atoms with Gasteiger partial charge in [-0.05, 0) is 26.5 Å². The molecule has 0 rings (SSSR count). The standard InChI is InChI=1S/C9H17NO3Si/c1-4-11-14(12-5-2,13-6-3)9-7-8-10/h7,9H,4-6H2,1-3H3. The molecule has 80 valence electrons. The Morgan fingerprint density at radius 2 is 1.50 bits per heavy atom. The summed E-state index contributed by atoms with van der Waals surface area (Å²) in [6.45, 7) is 7.17. The topological polar surface area (TPSA) is 51.5 Å². The van der Waals surface area contributed by atoms with Gasteiger partial charge >= 0.3 is 8.80 Å². The first-order valence-corrected chi connectivity index (χ1v) is 6.54. The molecule has 0 aromatic heterocycles. The molecule has 0 aromatic carbocycles. The van der Waals surface area contributed by atoms with Crippen molar-refractivity contribution in [3.63, 3.8) is 0 Å². The van der Waals surface area contributed by atoms with Crippen LogP contribution in [0.15, 0.2) is 11.8 Å². The summed E-state index contributed by atoms with van der Waals surface area (Å²) in [4.78, 5) is 0. The highest BCUT2D eigenvalue weighted by atomic mass is 28.4. The molecule has 5 heteroatoms. The predicted octanol–water partition coefficient (Wildman–Crippen LogP) is 1.65. The SMILES string of the molecule is CCO[Si](C=CC#N)(OCC)OCC. The predicted molar refractivity (Wildman–Crippen MR) is 55.4 cm³/mol. The summed E-state index contributed by atoms with van der Waals surface area (Å²) in [5, 5.41) is 8.45. The minimum atomic E-state index is -2.72. The van der Waals surface area contributed by atoms with Crippen molar-refractivity contribution in [2.75, 3.05) is 19.8 Å². The lowest BCUT2D eigenvalue weighted by atomic mass is 10.7. The van der Waals surface area contributed by atoms with E-state index in [0.29, 0.717) is 19.8 Å². The fourth-order valence-corrected chi connectivity index (χ4v) is 3.04. The van der Waals surface area contributed by atoms with Gasteiger partial charge in [-0.15, -0.1) is 0 Å². The Morgan fingerprint density at radius 1 is 1.07 bits per heavy atom. The Labute approximate surface area is 86.5 Å². The summed E-state index contributed by atoms with van der Waals surface area (Å²) in [5.41, 5.74) is 1.61. The van der Waals surface area contributed by atoms with E-state index in [1.54, 1.807) is 5.70 Å². The minimum absolute atomic E-state index is 0.516. The van der Waals surface area contributed by atoms with Crippen molar-refractivity contribution in [1.29, 1.82) is 5.26 Å². The molecule has 0 aliphatic carbocycles. The average molecular weight is 215 g/mol. The monoisotopic (exact) mass is 215 g/mol. The maximum absolute atomic E-state index is 8.45. The summed E-state index contributed by atoms with van der Waals surface area (Å²) in [5.74, 6) is 0. The van der Waals surface area contributed by atoms with E-state index in [9.17, 15) is 0 Å². The second-order valence-electron chi connectivity index (χ2n) is 2.37. The molecule has 4 nitrogen and oxygen atoms in total. The maximum atomic E-state index is 8.45. The van der Waals surface area contributed by atoms with Gasteiger partial charge in [-0.25, -0.2) is 0 Å². The number of hydrogen-bond acceptors (Lipinski definition) is 4. The quantitative estimate of drug-likeness (QED) is 0.478. The number of allylic oxidation sites excluding steroid dienone is 1. The van der Waals surface area contributed by atoms with Gasteiger partial charge in [0.2, 0.25) is 0 Å². The third-order valence-electron chi connectivity index (χ3n) is 1.40. The largest absolute Gasteiger partial charge is 0.530 e. The fraction of sp³-hybridized carbons (Fsp3) is 0.667. The molecule has 0 heterocycles. The zero-order valence-corrected chi connectivity index (χ0v) is 9.95. The van der Waals surface area contributed by atoms with Crippen LogP contribution < -0.4 is 0 Å². The molecular weight excluding hydrogens is 198 g/mol. The van der Waals surface area contributed by atoms with Gasteiger partial charge in [0.25, 0.3) is 0 Å². The Kier molecular flexibility index (Phi) is 7.33. The molecule has 0 N–H and O–H groups in total. The lowest BCUT2D eigenvalue weighted by molar-refractivity contribution is 0.0843. The van der Waals surface area contributed by atoms with Crippen LogP contribution in [0, 0.1) is 11.3 Å². The molecular formula is C9H17NO3Si. The Hall–Kier alpha value is -0.673. The Bertz CT molecular complexity index is 196. The van der Waals surface area contributed by atoms with Gasteiger partial charge in [-0.2, -0.15) is 5.26 Å². The first-order chi connectivity index (χ1) is 6.74. The van der Waals surface area contributed by atoms with Crippen molar-refractivity contribution in [3.05, 3.63) is 11.8 Å².